The Morgan fingerprint density at radius 2 is 1.56 bits per heavy atom. The molecule has 0 N–H and O–H groups in total. The van der Waals surface area contributed by atoms with Crippen LogP contribution < -0.4 is 4.90 Å². The van der Waals surface area contributed by atoms with Gasteiger partial charge in [0.25, 0.3) is 0 Å². The zero-order valence-electron chi connectivity index (χ0n) is 13.2. The molecule has 0 radical (unpaired) electrons. The first kappa shape index (κ1) is 18.1. The van der Waals surface area contributed by atoms with Gasteiger partial charge in [-0.15, -0.1) is 0 Å². The number of aromatic nitrogens is 2. The van der Waals surface area contributed by atoms with Crippen LogP contribution in [0.1, 0.15) is 25.0 Å². The minimum atomic E-state index is -1.78. The molecule has 0 aliphatic rings. The maximum absolute atomic E-state index is 14.2. The molecule has 0 fully saturated rings. The lowest BCUT2D eigenvalue weighted by Gasteiger charge is -2.20. The number of imide groups is 1. The van der Waals surface area contributed by atoms with Crippen molar-refractivity contribution in [1.82, 2.24) is 9.78 Å². The van der Waals surface area contributed by atoms with Gasteiger partial charge in [-0.05, 0) is 6.92 Å². The van der Waals surface area contributed by atoms with E-state index >= 15 is 0 Å². The Hall–Kier alpha value is -3.22. The first-order valence-corrected chi connectivity index (χ1v) is 6.75. The highest BCUT2D eigenvalue weighted by Gasteiger charge is 2.31. The Morgan fingerprint density at radius 3 is 1.96 bits per heavy atom. The lowest BCUT2D eigenvalue weighted by atomic mass is 10.1. The van der Waals surface area contributed by atoms with Crippen molar-refractivity contribution in [3.05, 3.63) is 40.6 Å². The monoisotopic (exact) mass is 354 g/mol. The van der Waals surface area contributed by atoms with Crippen molar-refractivity contribution >= 4 is 17.6 Å². The predicted octanol–water partition coefficient (Wildman–Crippen LogP) is 2.51. The molecule has 0 saturated heterocycles. The van der Waals surface area contributed by atoms with E-state index in [4.69, 9.17) is 5.26 Å². The number of amides is 2. The molecule has 130 valence electrons. The van der Waals surface area contributed by atoms with Crippen molar-refractivity contribution in [3.8, 4) is 11.8 Å². The summed E-state index contributed by atoms with van der Waals surface area (Å²) in [6.45, 7) is 2.76. The Morgan fingerprint density at radius 1 is 1.08 bits per heavy atom. The molecule has 0 saturated carbocycles. The lowest BCUT2D eigenvalue weighted by Crippen LogP contribution is -2.35. The molecule has 0 atom stereocenters. The van der Waals surface area contributed by atoms with E-state index in [9.17, 15) is 27.2 Å². The maximum atomic E-state index is 14.2. The van der Waals surface area contributed by atoms with Crippen molar-refractivity contribution in [2.45, 2.75) is 20.8 Å². The Bertz CT molecular complexity index is 903. The van der Waals surface area contributed by atoms with Gasteiger partial charge in [0, 0.05) is 19.4 Å². The number of rotatable bonds is 2. The van der Waals surface area contributed by atoms with Crippen LogP contribution in [0.25, 0.3) is 5.69 Å². The van der Waals surface area contributed by atoms with Gasteiger partial charge in [0.05, 0.1) is 6.20 Å². The summed E-state index contributed by atoms with van der Waals surface area (Å²) in [5, 5.41) is 12.6. The number of hydrogen-bond donors (Lipinski definition) is 0. The van der Waals surface area contributed by atoms with Gasteiger partial charge in [-0.1, -0.05) is 0 Å². The third-order valence-corrected chi connectivity index (χ3v) is 3.38. The second kappa shape index (κ2) is 6.35. The number of carbonyl (C=O) groups is 2. The summed E-state index contributed by atoms with van der Waals surface area (Å²) in [5.74, 6) is -9.28. The fraction of sp³-hybridized carbons (Fsp3) is 0.200. The van der Waals surface area contributed by atoms with Crippen molar-refractivity contribution in [2.75, 3.05) is 4.90 Å². The van der Waals surface area contributed by atoms with E-state index in [0.29, 0.717) is 9.58 Å². The Balaban J connectivity index is 2.93. The van der Waals surface area contributed by atoms with Crippen LogP contribution in [0, 0.1) is 41.5 Å². The molecule has 0 aliphatic heterocycles. The van der Waals surface area contributed by atoms with Crippen LogP contribution in [-0.2, 0) is 9.59 Å². The quantitative estimate of drug-likeness (QED) is 0.613. The summed E-state index contributed by atoms with van der Waals surface area (Å²) in [7, 11) is 0. The molecule has 0 unspecified atom stereocenters. The number of benzene rings is 1. The number of carbonyl (C=O) groups excluding carboxylic acids is 2. The zero-order valence-corrected chi connectivity index (χ0v) is 13.2. The standard InChI is InChI=1S/C15H10F4N4O2/c1-6-10(16)12(18)14(13(19)11(6)17)23-15(9(4-20)5-21-23)22(7(2)24)8(3)25/h5H,1-3H3. The van der Waals surface area contributed by atoms with Crippen molar-refractivity contribution in [1.29, 1.82) is 5.26 Å². The summed E-state index contributed by atoms with van der Waals surface area (Å²) in [4.78, 5) is 23.8. The first-order valence-electron chi connectivity index (χ1n) is 6.75. The second-order valence-electron chi connectivity index (χ2n) is 5.01. The smallest absolute Gasteiger partial charge is 0.231 e. The molecule has 2 rings (SSSR count). The molecule has 10 heteroatoms. The van der Waals surface area contributed by atoms with Gasteiger partial charge in [0.15, 0.2) is 29.1 Å². The van der Waals surface area contributed by atoms with Crippen LogP contribution in [0.15, 0.2) is 6.20 Å². The van der Waals surface area contributed by atoms with Gasteiger partial charge < -0.3 is 0 Å². The average molecular weight is 354 g/mol. The van der Waals surface area contributed by atoms with Crippen LogP contribution in [0.5, 0.6) is 0 Å². The molecule has 0 bridgehead atoms. The van der Waals surface area contributed by atoms with E-state index in [1.54, 1.807) is 6.07 Å². The summed E-state index contributed by atoms with van der Waals surface area (Å²) in [6.07, 6.45) is 0.808. The fourth-order valence-electron chi connectivity index (χ4n) is 2.24. The summed E-state index contributed by atoms with van der Waals surface area (Å²) in [6, 6.07) is 1.59. The van der Waals surface area contributed by atoms with Crippen molar-refractivity contribution < 1.29 is 27.2 Å². The number of anilines is 1. The fourth-order valence-corrected chi connectivity index (χ4v) is 2.24. The van der Waals surface area contributed by atoms with E-state index in [1.807, 2.05) is 0 Å². The summed E-state index contributed by atoms with van der Waals surface area (Å²) in [5.41, 5.74) is -2.57. The minimum absolute atomic E-state index is 0.303. The molecule has 1 aromatic carbocycles. The van der Waals surface area contributed by atoms with Crippen LogP contribution in [0.3, 0.4) is 0 Å². The van der Waals surface area contributed by atoms with Gasteiger partial charge in [-0.3, -0.25) is 9.59 Å². The van der Waals surface area contributed by atoms with Gasteiger partial charge in [-0.25, -0.2) is 27.1 Å². The van der Waals surface area contributed by atoms with E-state index in [0.717, 1.165) is 27.0 Å². The minimum Gasteiger partial charge on any atom is -0.274 e. The van der Waals surface area contributed by atoms with E-state index in [2.05, 4.69) is 5.10 Å². The summed E-state index contributed by atoms with van der Waals surface area (Å²) >= 11 is 0. The van der Waals surface area contributed by atoms with Crippen LogP contribution in [0.4, 0.5) is 23.4 Å². The van der Waals surface area contributed by atoms with Gasteiger partial charge in [0.1, 0.15) is 17.3 Å². The van der Waals surface area contributed by atoms with Gasteiger partial charge in [-0.2, -0.15) is 10.4 Å². The second-order valence-corrected chi connectivity index (χ2v) is 5.01. The topological polar surface area (TPSA) is 79.0 Å². The highest BCUT2D eigenvalue weighted by Crippen LogP contribution is 2.31. The van der Waals surface area contributed by atoms with E-state index in [1.165, 1.54) is 0 Å². The number of hydrogen-bond acceptors (Lipinski definition) is 4. The Kier molecular flexibility index (Phi) is 4.60. The molecule has 1 heterocycles. The molecule has 2 amide bonds. The molecule has 0 spiro atoms. The highest BCUT2D eigenvalue weighted by molar-refractivity contribution is 6.13. The summed E-state index contributed by atoms with van der Waals surface area (Å²) < 4.78 is 56.4. The molecule has 6 nitrogen and oxygen atoms in total. The van der Waals surface area contributed by atoms with Crippen LogP contribution >= 0.6 is 0 Å². The number of halogens is 4. The molecule has 0 aliphatic carbocycles. The molecule has 25 heavy (non-hydrogen) atoms. The number of nitrogens with zero attached hydrogens (tertiary/aromatic N) is 4. The van der Waals surface area contributed by atoms with Crippen molar-refractivity contribution in [3.63, 3.8) is 0 Å². The normalized spacial score (nSPS) is 10.5. The lowest BCUT2D eigenvalue weighted by molar-refractivity contribution is -0.124. The third kappa shape index (κ3) is 2.73. The predicted molar refractivity (Wildman–Crippen MR) is 76.7 cm³/mol. The molecule has 2 aromatic rings. The third-order valence-electron chi connectivity index (χ3n) is 3.38. The van der Waals surface area contributed by atoms with Gasteiger partial charge >= 0.3 is 0 Å². The first-order chi connectivity index (χ1) is 11.6. The molecule has 1 aromatic heterocycles. The van der Waals surface area contributed by atoms with E-state index < -0.39 is 57.7 Å². The molecular weight excluding hydrogens is 344 g/mol. The Labute approximate surface area is 138 Å². The average Bonchev–Trinajstić information content (AvgIpc) is 2.94. The largest absolute Gasteiger partial charge is 0.274 e. The maximum Gasteiger partial charge on any atom is 0.231 e. The number of nitriles is 1. The van der Waals surface area contributed by atoms with Crippen LogP contribution in [-0.4, -0.2) is 21.6 Å². The van der Waals surface area contributed by atoms with E-state index in [-0.39, 0.29) is 0 Å². The van der Waals surface area contributed by atoms with Gasteiger partial charge in [0.2, 0.25) is 11.8 Å². The highest BCUT2D eigenvalue weighted by atomic mass is 19.2. The van der Waals surface area contributed by atoms with Crippen LogP contribution in [0.2, 0.25) is 0 Å². The zero-order chi connectivity index (χ0) is 19.0. The molecular formula is C15H10F4N4O2. The SMILES string of the molecule is CC(=O)N(C(C)=O)c1c(C#N)cnn1-c1c(F)c(F)c(C)c(F)c1F. The van der Waals surface area contributed by atoms with Crippen molar-refractivity contribution in [2.24, 2.45) is 0 Å².